The van der Waals surface area contributed by atoms with Crippen molar-refractivity contribution in [1.29, 1.82) is 0 Å². The van der Waals surface area contributed by atoms with Crippen LogP contribution in [-0.4, -0.2) is 35.3 Å². The molecule has 0 spiro atoms. The van der Waals surface area contributed by atoms with Crippen LogP contribution in [0.4, 0.5) is 5.13 Å². The Hall–Kier alpha value is -0.650. The van der Waals surface area contributed by atoms with Crippen LogP contribution in [0, 0.1) is 0 Å². The zero-order valence-corrected chi connectivity index (χ0v) is 12.7. The molecular weight excluding hydrogens is 246 g/mol. The van der Waals surface area contributed by atoms with Gasteiger partial charge in [-0.25, -0.2) is 4.98 Å². The molecule has 18 heavy (non-hydrogen) atoms. The Balaban J connectivity index is 2.54. The molecule has 1 aromatic heterocycles. The number of nitrogens with one attached hydrogen (secondary N) is 1. The summed E-state index contributed by atoms with van der Waals surface area (Å²) >= 11 is 1.74. The number of aromatic nitrogens is 1. The van der Waals surface area contributed by atoms with Crippen molar-refractivity contribution in [3.8, 4) is 0 Å². The number of aliphatic hydroxyl groups excluding tert-OH is 1. The molecule has 0 unspecified atom stereocenters. The molecule has 104 valence electrons. The second-order valence-electron chi connectivity index (χ2n) is 4.99. The summed E-state index contributed by atoms with van der Waals surface area (Å²) in [5, 5.41) is 13.5. The number of thiazole rings is 1. The van der Waals surface area contributed by atoms with E-state index in [0.717, 1.165) is 31.2 Å². The van der Waals surface area contributed by atoms with Gasteiger partial charge in [0.05, 0.1) is 0 Å². The summed E-state index contributed by atoms with van der Waals surface area (Å²) in [6.45, 7) is 11.5. The zero-order valence-electron chi connectivity index (χ0n) is 11.9. The van der Waals surface area contributed by atoms with Gasteiger partial charge in [-0.2, -0.15) is 0 Å². The summed E-state index contributed by atoms with van der Waals surface area (Å²) < 4.78 is 0. The molecule has 0 aliphatic carbocycles. The lowest BCUT2D eigenvalue weighted by molar-refractivity contribution is 0.230. The first kappa shape index (κ1) is 15.4. The molecule has 0 aliphatic heterocycles. The molecule has 0 aromatic carbocycles. The van der Waals surface area contributed by atoms with Gasteiger partial charge in [-0.05, 0) is 34.1 Å². The van der Waals surface area contributed by atoms with Crippen LogP contribution in [0.15, 0.2) is 6.20 Å². The van der Waals surface area contributed by atoms with Crippen LogP contribution in [0.25, 0.3) is 0 Å². The van der Waals surface area contributed by atoms with E-state index in [-0.39, 0.29) is 12.1 Å². The highest BCUT2D eigenvalue weighted by atomic mass is 32.1. The van der Waals surface area contributed by atoms with Crippen molar-refractivity contribution >= 4 is 16.5 Å². The number of rotatable bonds is 8. The number of hydrogen-bond acceptors (Lipinski definition) is 5. The van der Waals surface area contributed by atoms with Gasteiger partial charge >= 0.3 is 0 Å². The first-order chi connectivity index (χ1) is 8.52. The van der Waals surface area contributed by atoms with E-state index in [9.17, 15) is 0 Å². The Labute approximate surface area is 114 Å². The minimum absolute atomic E-state index is 0.0336. The summed E-state index contributed by atoms with van der Waals surface area (Å²) in [7, 11) is 0. The fourth-order valence-corrected chi connectivity index (χ4v) is 2.69. The Morgan fingerprint density at radius 2 is 2.06 bits per heavy atom. The predicted molar refractivity (Wildman–Crippen MR) is 78.3 cm³/mol. The van der Waals surface area contributed by atoms with Crippen LogP contribution in [0.1, 0.15) is 39.0 Å². The first-order valence-electron chi connectivity index (χ1n) is 6.58. The summed E-state index contributed by atoms with van der Waals surface area (Å²) in [5.41, 5.74) is -0.0336. The lowest BCUT2D eigenvalue weighted by Gasteiger charge is -2.25. The van der Waals surface area contributed by atoms with Gasteiger partial charge in [0.1, 0.15) is 0 Å². The molecule has 1 rings (SSSR count). The Kier molecular flexibility index (Phi) is 6.05. The Morgan fingerprint density at radius 1 is 1.39 bits per heavy atom. The summed E-state index contributed by atoms with van der Waals surface area (Å²) in [5.74, 6) is 0. The molecule has 0 bridgehead atoms. The van der Waals surface area contributed by atoms with Crippen molar-refractivity contribution in [2.24, 2.45) is 0 Å². The molecule has 0 atom stereocenters. The van der Waals surface area contributed by atoms with Crippen molar-refractivity contribution in [3.05, 3.63) is 11.1 Å². The Morgan fingerprint density at radius 3 is 2.61 bits per heavy atom. The van der Waals surface area contributed by atoms with E-state index in [1.807, 2.05) is 6.20 Å². The molecule has 0 saturated carbocycles. The number of hydrogen-bond donors (Lipinski definition) is 2. The van der Waals surface area contributed by atoms with E-state index >= 15 is 0 Å². The van der Waals surface area contributed by atoms with Gasteiger partial charge in [0.25, 0.3) is 0 Å². The van der Waals surface area contributed by atoms with Crippen molar-refractivity contribution in [3.63, 3.8) is 0 Å². The SMILES string of the molecule is CCN(CC)c1ncc(CNC(C)(C)CCO)s1. The second-order valence-corrected chi connectivity index (χ2v) is 6.09. The molecule has 0 saturated heterocycles. The monoisotopic (exact) mass is 271 g/mol. The van der Waals surface area contributed by atoms with Crippen LogP contribution in [-0.2, 0) is 6.54 Å². The van der Waals surface area contributed by atoms with Crippen LogP contribution >= 0.6 is 11.3 Å². The summed E-state index contributed by atoms with van der Waals surface area (Å²) in [4.78, 5) is 7.96. The minimum Gasteiger partial charge on any atom is -0.396 e. The maximum absolute atomic E-state index is 8.98. The second kappa shape index (κ2) is 7.07. The highest BCUT2D eigenvalue weighted by Crippen LogP contribution is 2.22. The van der Waals surface area contributed by atoms with E-state index in [4.69, 9.17) is 5.11 Å². The van der Waals surface area contributed by atoms with Gasteiger partial charge in [-0.15, -0.1) is 11.3 Å². The molecule has 4 nitrogen and oxygen atoms in total. The molecule has 0 radical (unpaired) electrons. The van der Waals surface area contributed by atoms with Crippen molar-refractivity contribution in [2.75, 3.05) is 24.6 Å². The summed E-state index contributed by atoms with van der Waals surface area (Å²) in [6, 6.07) is 0. The Bertz CT molecular complexity index is 348. The zero-order chi connectivity index (χ0) is 13.6. The van der Waals surface area contributed by atoms with Crippen LogP contribution in [0.3, 0.4) is 0 Å². The van der Waals surface area contributed by atoms with E-state index in [1.54, 1.807) is 11.3 Å². The molecule has 2 N–H and O–H groups in total. The molecule has 5 heteroatoms. The average Bonchev–Trinajstić information content (AvgIpc) is 2.77. The van der Waals surface area contributed by atoms with E-state index in [1.165, 1.54) is 4.88 Å². The van der Waals surface area contributed by atoms with Gasteiger partial charge in [-0.3, -0.25) is 0 Å². The van der Waals surface area contributed by atoms with Crippen LogP contribution < -0.4 is 10.2 Å². The number of anilines is 1. The van der Waals surface area contributed by atoms with Gasteiger partial charge in [-0.1, -0.05) is 0 Å². The normalized spacial score (nSPS) is 11.8. The third kappa shape index (κ3) is 4.55. The third-order valence-electron chi connectivity index (χ3n) is 3.05. The maximum atomic E-state index is 8.98. The molecule has 0 amide bonds. The van der Waals surface area contributed by atoms with Gasteiger partial charge in [0, 0.05) is 42.9 Å². The van der Waals surface area contributed by atoms with Gasteiger partial charge < -0.3 is 15.3 Å². The van der Waals surface area contributed by atoms with Crippen LogP contribution in [0.5, 0.6) is 0 Å². The molecule has 0 aliphatic rings. The van der Waals surface area contributed by atoms with Gasteiger partial charge in [0.15, 0.2) is 5.13 Å². The standard InChI is InChI=1S/C13H25N3OS/c1-5-16(6-2)12-14-9-11(18-12)10-15-13(3,4)7-8-17/h9,15,17H,5-8,10H2,1-4H3. The number of aliphatic hydroxyl groups is 1. The highest BCUT2D eigenvalue weighted by molar-refractivity contribution is 7.15. The molecule has 1 heterocycles. The third-order valence-corrected chi connectivity index (χ3v) is 4.11. The predicted octanol–water partition coefficient (Wildman–Crippen LogP) is 2.24. The van der Waals surface area contributed by atoms with Crippen LogP contribution in [0.2, 0.25) is 0 Å². The minimum atomic E-state index is -0.0336. The smallest absolute Gasteiger partial charge is 0.185 e. The molecule has 0 fully saturated rings. The highest BCUT2D eigenvalue weighted by Gasteiger charge is 2.16. The first-order valence-corrected chi connectivity index (χ1v) is 7.39. The fraction of sp³-hybridized carbons (Fsp3) is 0.769. The fourth-order valence-electron chi connectivity index (χ4n) is 1.71. The maximum Gasteiger partial charge on any atom is 0.185 e. The number of nitrogens with zero attached hydrogens (tertiary/aromatic N) is 2. The van der Waals surface area contributed by atoms with Crippen molar-refractivity contribution in [1.82, 2.24) is 10.3 Å². The lowest BCUT2D eigenvalue weighted by Crippen LogP contribution is -2.39. The quantitative estimate of drug-likeness (QED) is 0.761. The van der Waals surface area contributed by atoms with E-state index < -0.39 is 0 Å². The average molecular weight is 271 g/mol. The van der Waals surface area contributed by atoms with Gasteiger partial charge in [0.2, 0.25) is 0 Å². The summed E-state index contributed by atoms with van der Waals surface area (Å²) in [6.07, 6.45) is 2.70. The van der Waals surface area contributed by atoms with E-state index in [0.29, 0.717) is 0 Å². The topological polar surface area (TPSA) is 48.4 Å². The van der Waals surface area contributed by atoms with E-state index in [2.05, 4.69) is 42.9 Å². The molecule has 1 aromatic rings. The molecular formula is C13H25N3OS. The van der Waals surface area contributed by atoms with Crippen molar-refractivity contribution in [2.45, 2.75) is 46.2 Å². The largest absolute Gasteiger partial charge is 0.396 e. The lowest BCUT2D eigenvalue weighted by atomic mass is 10.0. The van der Waals surface area contributed by atoms with Crippen molar-refractivity contribution < 1.29 is 5.11 Å².